The summed E-state index contributed by atoms with van der Waals surface area (Å²) in [6.45, 7) is 6.54. The molecule has 1 aromatic carbocycles. The third-order valence-corrected chi connectivity index (χ3v) is 9.98. The standard InChI is InChI=1S/C22H32N2O5S2/c1-22(2,3)16-8-10-17(11-9-16)31(27,28)21-15-30(25,26)14-18(21)23-13-19(24(4)5)20-7-6-12-29-20/h6-12,18-19,21,23H,13-15H2,1-5H3/t18-,19?,21-/m0/s1. The highest BCUT2D eigenvalue weighted by Crippen LogP contribution is 2.29. The molecule has 0 saturated carbocycles. The van der Waals surface area contributed by atoms with Gasteiger partial charge in [0.15, 0.2) is 19.7 Å². The summed E-state index contributed by atoms with van der Waals surface area (Å²) in [5.74, 6) is 0.159. The van der Waals surface area contributed by atoms with Gasteiger partial charge in [-0.2, -0.15) is 0 Å². The van der Waals surface area contributed by atoms with Crippen molar-refractivity contribution in [3.05, 3.63) is 54.0 Å². The third kappa shape index (κ3) is 5.39. The topological polar surface area (TPSA) is 96.7 Å². The third-order valence-electron chi connectivity index (χ3n) is 5.82. The molecule has 0 aliphatic carbocycles. The largest absolute Gasteiger partial charge is 0.468 e. The van der Waals surface area contributed by atoms with Crippen LogP contribution < -0.4 is 5.32 Å². The molecule has 1 aliphatic heterocycles. The van der Waals surface area contributed by atoms with Gasteiger partial charge in [-0.15, -0.1) is 0 Å². The zero-order valence-corrected chi connectivity index (χ0v) is 20.3. The molecular weight excluding hydrogens is 436 g/mol. The summed E-state index contributed by atoms with van der Waals surface area (Å²) in [6, 6.07) is 9.59. The quantitative estimate of drug-likeness (QED) is 0.666. The second-order valence-corrected chi connectivity index (χ2v) is 13.8. The van der Waals surface area contributed by atoms with Gasteiger partial charge in [-0.05, 0) is 49.3 Å². The highest BCUT2D eigenvalue weighted by atomic mass is 32.2. The van der Waals surface area contributed by atoms with Crippen molar-refractivity contribution in [2.45, 2.75) is 48.4 Å². The van der Waals surface area contributed by atoms with Gasteiger partial charge in [0.05, 0.1) is 34.0 Å². The molecule has 2 heterocycles. The lowest BCUT2D eigenvalue weighted by atomic mass is 9.87. The summed E-state index contributed by atoms with van der Waals surface area (Å²) in [4.78, 5) is 2.11. The molecular formula is C22H32N2O5S2. The molecule has 0 spiro atoms. The summed E-state index contributed by atoms with van der Waals surface area (Å²) in [5, 5.41) is 2.18. The lowest BCUT2D eigenvalue weighted by Crippen LogP contribution is -2.46. The van der Waals surface area contributed by atoms with Crippen molar-refractivity contribution in [3.63, 3.8) is 0 Å². The van der Waals surface area contributed by atoms with Crippen molar-refractivity contribution in [2.75, 3.05) is 32.1 Å². The SMILES string of the molecule is CN(C)C(CN[C@H]1CS(=O)(=O)C[C@@H]1S(=O)(=O)c1ccc(C(C)(C)C)cc1)c1ccco1. The molecule has 1 saturated heterocycles. The van der Waals surface area contributed by atoms with Gasteiger partial charge in [0.2, 0.25) is 0 Å². The number of hydrogen-bond acceptors (Lipinski definition) is 7. The highest BCUT2D eigenvalue weighted by Gasteiger charge is 2.46. The van der Waals surface area contributed by atoms with Crippen LogP contribution in [0.3, 0.4) is 0 Å². The first kappa shape index (κ1) is 24.0. The molecule has 0 amide bonds. The number of rotatable bonds is 7. The Morgan fingerprint density at radius 1 is 1.13 bits per heavy atom. The van der Waals surface area contributed by atoms with Crippen LogP contribution in [0, 0.1) is 0 Å². The number of likely N-dealkylation sites (N-methyl/N-ethyl adjacent to an activating group) is 1. The zero-order valence-electron chi connectivity index (χ0n) is 18.7. The van der Waals surface area contributed by atoms with Crippen LogP contribution in [0.15, 0.2) is 52.0 Å². The van der Waals surface area contributed by atoms with Crippen LogP contribution in [0.2, 0.25) is 0 Å². The molecule has 31 heavy (non-hydrogen) atoms. The number of furan rings is 1. The molecule has 172 valence electrons. The van der Waals surface area contributed by atoms with E-state index < -0.39 is 31.0 Å². The Morgan fingerprint density at radius 3 is 2.29 bits per heavy atom. The fourth-order valence-corrected chi connectivity index (χ4v) is 8.63. The van der Waals surface area contributed by atoms with Crippen molar-refractivity contribution >= 4 is 19.7 Å². The van der Waals surface area contributed by atoms with Crippen LogP contribution in [0.25, 0.3) is 0 Å². The summed E-state index contributed by atoms with van der Waals surface area (Å²) >= 11 is 0. The number of nitrogens with zero attached hydrogens (tertiary/aromatic N) is 1. The maximum Gasteiger partial charge on any atom is 0.183 e. The highest BCUT2D eigenvalue weighted by molar-refractivity contribution is 7.96. The number of sulfone groups is 2. The van der Waals surface area contributed by atoms with E-state index in [0.717, 1.165) is 11.3 Å². The molecule has 9 heteroatoms. The molecule has 1 unspecified atom stereocenters. The van der Waals surface area contributed by atoms with E-state index in [4.69, 9.17) is 4.42 Å². The van der Waals surface area contributed by atoms with E-state index in [1.165, 1.54) is 0 Å². The number of hydrogen-bond donors (Lipinski definition) is 1. The van der Waals surface area contributed by atoms with E-state index in [9.17, 15) is 16.8 Å². The summed E-state index contributed by atoms with van der Waals surface area (Å²) in [6.07, 6.45) is 1.58. The Kier molecular flexibility index (Phi) is 6.72. The zero-order chi connectivity index (χ0) is 23.0. The van der Waals surface area contributed by atoms with Crippen LogP contribution in [-0.2, 0) is 25.1 Å². The maximum atomic E-state index is 13.4. The number of nitrogens with one attached hydrogen (secondary N) is 1. The first-order valence-electron chi connectivity index (χ1n) is 10.3. The normalized spacial score (nSPS) is 22.6. The van der Waals surface area contributed by atoms with Crippen molar-refractivity contribution in [3.8, 4) is 0 Å². The fraction of sp³-hybridized carbons (Fsp3) is 0.545. The molecule has 1 aromatic heterocycles. The van der Waals surface area contributed by atoms with Crippen molar-refractivity contribution in [2.24, 2.45) is 0 Å². The fourth-order valence-electron chi connectivity index (χ4n) is 3.91. The van der Waals surface area contributed by atoms with E-state index in [2.05, 4.69) is 26.1 Å². The monoisotopic (exact) mass is 468 g/mol. The van der Waals surface area contributed by atoms with Crippen molar-refractivity contribution in [1.82, 2.24) is 10.2 Å². The molecule has 2 aromatic rings. The number of benzene rings is 1. The molecule has 1 N–H and O–H groups in total. The van der Waals surface area contributed by atoms with Crippen LogP contribution in [0.4, 0.5) is 0 Å². The second kappa shape index (κ2) is 8.69. The maximum absolute atomic E-state index is 13.4. The minimum Gasteiger partial charge on any atom is -0.468 e. The molecule has 1 aliphatic rings. The predicted molar refractivity (Wildman–Crippen MR) is 122 cm³/mol. The van der Waals surface area contributed by atoms with Gasteiger partial charge in [-0.1, -0.05) is 32.9 Å². The van der Waals surface area contributed by atoms with Gasteiger partial charge in [-0.3, -0.25) is 4.90 Å². The Balaban J connectivity index is 1.84. The van der Waals surface area contributed by atoms with Gasteiger partial charge in [0.25, 0.3) is 0 Å². The average Bonchev–Trinajstić information content (AvgIpc) is 3.29. The molecule has 0 radical (unpaired) electrons. The van der Waals surface area contributed by atoms with E-state index in [1.54, 1.807) is 36.6 Å². The van der Waals surface area contributed by atoms with Gasteiger partial charge < -0.3 is 9.73 Å². The van der Waals surface area contributed by atoms with Crippen LogP contribution in [0.1, 0.15) is 38.1 Å². The Hall–Kier alpha value is -1.68. The summed E-state index contributed by atoms with van der Waals surface area (Å²) in [7, 11) is -3.50. The molecule has 3 atom stereocenters. The Labute approximate surface area is 185 Å². The first-order valence-corrected chi connectivity index (χ1v) is 13.7. The van der Waals surface area contributed by atoms with E-state index in [0.29, 0.717) is 6.54 Å². The lowest BCUT2D eigenvalue weighted by molar-refractivity contribution is 0.245. The Bertz CT molecular complexity index is 1080. The average molecular weight is 469 g/mol. The molecule has 1 fully saturated rings. The van der Waals surface area contributed by atoms with Gasteiger partial charge in [0.1, 0.15) is 5.76 Å². The van der Waals surface area contributed by atoms with Crippen LogP contribution in [-0.4, -0.2) is 65.2 Å². The van der Waals surface area contributed by atoms with E-state index >= 15 is 0 Å². The van der Waals surface area contributed by atoms with E-state index in [1.807, 2.05) is 25.1 Å². The van der Waals surface area contributed by atoms with Crippen molar-refractivity contribution < 1.29 is 21.3 Å². The molecule has 0 bridgehead atoms. The first-order chi connectivity index (χ1) is 14.3. The van der Waals surface area contributed by atoms with Gasteiger partial charge in [-0.25, -0.2) is 16.8 Å². The predicted octanol–water partition coefficient (Wildman–Crippen LogP) is 2.41. The van der Waals surface area contributed by atoms with Gasteiger partial charge in [0, 0.05) is 12.6 Å². The van der Waals surface area contributed by atoms with Crippen LogP contribution in [0.5, 0.6) is 0 Å². The van der Waals surface area contributed by atoms with E-state index in [-0.39, 0.29) is 27.9 Å². The minimum absolute atomic E-state index is 0.101. The molecule has 7 nitrogen and oxygen atoms in total. The lowest BCUT2D eigenvalue weighted by Gasteiger charge is -2.26. The second-order valence-electron chi connectivity index (χ2n) is 9.44. The Morgan fingerprint density at radius 2 is 1.77 bits per heavy atom. The molecule has 3 rings (SSSR count). The van der Waals surface area contributed by atoms with Gasteiger partial charge >= 0.3 is 0 Å². The summed E-state index contributed by atoms with van der Waals surface area (Å²) in [5.41, 5.74) is 0.920. The minimum atomic E-state index is -3.82. The summed E-state index contributed by atoms with van der Waals surface area (Å²) < 4.78 is 57.0. The smallest absolute Gasteiger partial charge is 0.183 e. The van der Waals surface area contributed by atoms with Crippen molar-refractivity contribution in [1.29, 1.82) is 0 Å². The van der Waals surface area contributed by atoms with Crippen LogP contribution >= 0.6 is 0 Å².